The van der Waals surface area contributed by atoms with Gasteiger partial charge in [-0.2, -0.15) is 0 Å². The lowest BCUT2D eigenvalue weighted by molar-refractivity contribution is -0.139. The molecule has 0 aliphatic rings. The lowest BCUT2D eigenvalue weighted by Crippen LogP contribution is -2.52. The fourth-order valence-electron chi connectivity index (χ4n) is 4.03. The molecule has 0 saturated carbocycles. The predicted molar refractivity (Wildman–Crippen MR) is 163 cm³/mol. The first kappa shape index (κ1) is 32.2. The summed E-state index contributed by atoms with van der Waals surface area (Å²) in [5.41, 5.74) is 1.56. The number of nitrogens with one attached hydrogen (secondary N) is 1. The maximum Gasteiger partial charge on any atom is 0.264 e. The Balaban J connectivity index is 2.08. The van der Waals surface area contributed by atoms with E-state index in [4.69, 9.17) is 27.9 Å². The van der Waals surface area contributed by atoms with Crippen molar-refractivity contribution in [3.05, 3.63) is 87.9 Å². The third kappa shape index (κ3) is 7.93. The first-order valence-electron chi connectivity index (χ1n) is 13.1. The summed E-state index contributed by atoms with van der Waals surface area (Å²) in [6.07, 6.45) is 0.696. The molecule has 0 aromatic heterocycles. The van der Waals surface area contributed by atoms with Gasteiger partial charge in [0.15, 0.2) is 0 Å². The van der Waals surface area contributed by atoms with E-state index in [-0.39, 0.29) is 29.1 Å². The molecule has 0 saturated heterocycles. The Bertz CT molecular complexity index is 1460. The van der Waals surface area contributed by atoms with Gasteiger partial charge in [0, 0.05) is 34.3 Å². The Morgan fingerprint density at radius 2 is 1.59 bits per heavy atom. The normalized spacial score (nSPS) is 12.8. The molecule has 0 heterocycles. The van der Waals surface area contributed by atoms with Crippen molar-refractivity contribution in [3.63, 3.8) is 0 Å². The average molecular weight is 621 g/mol. The summed E-state index contributed by atoms with van der Waals surface area (Å²) in [6.45, 7) is 6.54. The van der Waals surface area contributed by atoms with Gasteiger partial charge >= 0.3 is 0 Å². The predicted octanol–water partition coefficient (Wildman–Crippen LogP) is 5.84. The van der Waals surface area contributed by atoms with Gasteiger partial charge in [0.25, 0.3) is 10.0 Å². The van der Waals surface area contributed by atoms with Crippen molar-refractivity contribution in [1.82, 2.24) is 10.2 Å². The van der Waals surface area contributed by atoms with Gasteiger partial charge in [-0.1, -0.05) is 60.0 Å². The van der Waals surface area contributed by atoms with Gasteiger partial charge in [-0.15, -0.1) is 0 Å². The summed E-state index contributed by atoms with van der Waals surface area (Å²) >= 11 is 12.9. The summed E-state index contributed by atoms with van der Waals surface area (Å²) in [4.78, 5) is 28.6. The SMILES string of the molecule is CC[C@H](C)NC(=O)[C@@H](C)N(Cc1c(Cl)cccc1Cl)C(=O)CN(c1cccc(OC)c1)S(=O)(=O)c1ccc(C)cc1. The van der Waals surface area contributed by atoms with Gasteiger partial charge in [-0.25, -0.2) is 8.42 Å². The monoisotopic (exact) mass is 619 g/mol. The summed E-state index contributed by atoms with van der Waals surface area (Å²) in [6, 6.07) is 16.7. The minimum Gasteiger partial charge on any atom is -0.497 e. The number of hydrogen-bond donors (Lipinski definition) is 1. The Morgan fingerprint density at radius 3 is 2.17 bits per heavy atom. The van der Waals surface area contributed by atoms with Crippen LogP contribution in [0.3, 0.4) is 0 Å². The molecule has 0 aliphatic carbocycles. The number of carbonyl (C=O) groups excluding carboxylic acids is 2. The Morgan fingerprint density at radius 1 is 0.976 bits per heavy atom. The number of carbonyl (C=O) groups is 2. The number of ether oxygens (including phenoxy) is 1. The smallest absolute Gasteiger partial charge is 0.264 e. The second-order valence-corrected chi connectivity index (χ2v) is 12.4. The van der Waals surface area contributed by atoms with Crippen LogP contribution in [0.1, 0.15) is 38.3 Å². The number of anilines is 1. The lowest BCUT2D eigenvalue weighted by Gasteiger charge is -2.33. The van der Waals surface area contributed by atoms with Crippen molar-refractivity contribution < 1.29 is 22.7 Å². The molecule has 1 N–H and O–H groups in total. The zero-order chi connectivity index (χ0) is 30.3. The van der Waals surface area contributed by atoms with Crippen LogP contribution in [0.2, 0.25) is 10.0 Å². The molecule has 0 unspecified atom stereocenters. The number of nitrogens with zero attached hydrogens (tertiary/aromatic N) is 2. The second-order valence-electron chi connectivity index (χ2n) is 9.74. The molecule has 41 heavy (non-hydrogen) atoms. The van der Waals surface area contributed by atoms with Crippen molar-refractivity contribution >= 4 is 50.7 Å². The number of hydrogen-bond acceptors (Lipinski definition) is 5. The summed E-state index contributed by atoms with van der Waals surface area (Å²) < 4.78 is 34.2. The Labute approximate surface area is 252 Å². The molecule has 0 spiro atoms. The summed E-state index contributed by atoms with van der Waals surface area (Å²) in [5.74, 6) is -0.587. The van der Waals surface area contributed by atoms with Gasteiger partial charge in [0.1, 0.15) is 18.3 Å². The molecule has 2 amide bonds. The Kier molecular flexibility index (Phi) is 11.1. The van der Waals surface area contributed by atoms with E-state index >= 15 is 0 Å². The van der Waals surface area contributed by atoms with Crippen LogP contribution in [0.4, 0.5) is 5.69 Å². The third-order valence-corrected chi connectivity index (χ3v) is 9.28. The molecule has 220 valence electrons. The standard InChI is InChI=1S/C30H35Cl2N3O5S/c1-6-21(3)33-30(37)22(4)34(18-26-27(31)11-8-12-28(26)32)29(36)19-35(23-9-7-10-24(17-23)40-5)41(38,39)25-15-13-20(2)14-16-25/h7-17,21-22H,6,18-19H2,1-5H3,(H,33,37)/t21-,22+/m0/s1. The minimum atomic E-state index is -4.20. The number of amides is 2. The molecular weight excluding hydrogens is 585 g/mol. The second kappa shape index (κ2) is 14.1. The number of halogens is 2. The molecule has 3 aromatic carbocycles. The van der Waals surface area contributed by atoms with Crippen LogP contribution in [0.5, 0.6) is 5.75 Å². The van der Waals surface area contributed by atoms with E-state index in [1.165, 1.54) is 30.2 Å². The quantitative estimate of drug-likeness (QED) is 0.275. The van der Waals surface area contributed by atoms with Crippen molar-refractivity contribution in [2.45, 2.75) is 57.6 Å². The molecule has 3 rings (SSSR count). The lowest BCUT2D eigenvalue weighted by atomic mass is 10.1. The molecule has 0 radical (unpaired) electrons. The highest BCUT2D eigenvalue weighted by Crippen LogP contribution is 2.29. The van der Waals surface area contributed by atoms with E-state index in [0.29, 0.717) is 27.8 Å². The van der Waals surface area contributed by atoms with Gasteiger partial charge in [0.2, 0.25) is 11.8 Å². The van der Waals surface area contributed by atoms with Crippen LogP contribution in [-0.4, -0.2) is 50.9 Å². The van der Waals surface area contributed by atoms with E-state index in [1.807, 2.05) is 20.8 Å². The fourth-order valence-corrected chi connectivity index (χ4v) is 5.96. The van der Waals surface area contributed by atoms with Crippen molar-refractivity contribution in [1.29, 1.82) is 0 Å². The Hall–Kier alpha value is -3.27. The van der Waals surface area contributed by atoms with Crippen LogP contribution >= 0.6 is 23.2 Å². The number of benzene rings is 3. The number of sulfonamides is 1. The van der Waals surface area contributed by atoms with E-state index < -0.39 is 28.5 Å². The molecule has 2 atom stereocenters. The zero-order valence-corrected chi connectivity index (χ0v) is 26.1. The summed E-state index contributed by atoms with van der Waals surface area (Å²) in [5, 5.41) is 3.54. The molecule has 0 aliphatic heterocycles. The van der Waals surface area contributed by atoms with Crippen LogP contribution in [-0.2, 0) is 26.2 Å². The van der Waals surface area contributed by atoms with Gasteiger partial charge in [-0.3, -0.25) is 13.9 Å². The van der Waals surface area contributed by atoms with Crippen LogP contribution in [0.15, 0.2) is 71.6 Å². The van der Waals surface area contributed by atoms with Gasteiger partial charge in [0.05, 0.1) is 17.7 Å². The van der Waals surface area contributed by atoms with Crippen molar-refractivity contribution in [2.24, 2.45) is 0 Å². The van der Waals surface area contributed by atoms with Crippen molar-refractivity contribution in [2.75, 3.05) is 18.0 Å². The fraction of sp³-hybridized carbons (Fsp3) is 0.333. The van der Waals surface area contributed by atoms with E-state index in [9.17, 15) is 18.0 Å². The zero-order valence-electron chi connectivity index (χ0n) is 23.7. The van der Waals surface area contributed by atoms with Gasteiger partial charge in [-0.05, 0) is 63.6 Å². The third-order valence-electron chi connectivity index (χ3n) is 6.79. The highest BCUT2D eigenvalue weighted by Gasteiger charge is 2.33. The van der Waals surface area contributed by atoms with Crippen LogP contribution in [0.25, 0.3) is 0 Å². The number of aryl methyl sites for hydroxylation is 1. The number of rotatable bonds is 12. The first-order valence-corrected chi connectivity index (χ1v) is 15.3. The molecule has 8 nitrogen and oxygen atoms in total. The maximum absolute atomic E-state index is 14.1. The average Bonchev–Trinajstić information content (AvgIpc) is 2.95. The van der Waals surface area contributed by atoms with E-state index in [1.54, 1.807) is 55.5 Å². The first-order chi connectivity index (χ1) is 19.4. The largest absolute Gasteiger partial charge is 0.497 e. The van der Waals surface area contributed by atoms with Crippen LogP contribution < -0.4 is 14.4 Å². The topological polar surface area (TPSA) is 96.0 Å². The molecule has 11 heteroatoms. The van der Waals surface area contributed by atoms with Crippen molar-refractivity contribution in [3.8, 4) is 5.75 Å². The molecular formula is C30H35Cl2N3O5S. The maximum atomic E-state index is 14.1. The molecule has 0 fully saturated rings. The van der Waals surface area contributed by atoms with Crippen LogP contribution in [0, 0.1) is 6.92 Å². The van der Waals surface area contributed by atoms with E-state index in [0.717, 1.165) is 9.87 Å². The highest BCUT2D eigenvalue weighted by atomic mass is 35.5. The van der Waals surface area contributed by atoms with E-state index in [2.05, 4.69) is 5.32 Å². The van der Waals surface area contributed by atoms with Gasteiger partial charge < -0.3 is 15.0 Å². The molecule has 3 aromatic rings. The number of methoxy groups -OCH3 is 1. The summed E-state index contributed by atoms with van der Waals surface area (Å²) in [7, 11) is -2.74. The highest BCUT2D eigenvalue weighted by molar-refractivity contribution is 7.92. The minimum absolute atomic E-state index is 0.0157. The molecule has 0 bridgehead atoms.